The van der Waals surface area contributed by atoms with Crippen molar-refractivity contribution in [3.8, 4) is 16.9 Å². The molecule has 6 rings (SSSR count). The number of phenolic OH excluding ortho intramolecular Hbond substituents is 1. The summed E-state index contributed by atoms with van der Waals surface area (Å²) in [6, 6.07) is -2.34. The summed E-state index contributed by atoms with van der Waals surface area (Å²) in [5.41, 5.74) is 30.4. The van der Waals surface area contributed by atoms with Crippen molar-refractivity contribution in [3.63, 3.8) is 0 Å². The Kier molecular flexibility index (Phi) is 49.9. The largest absolute Gasteiger partial charge is 0.508 e. The lowest BCUT2D eigenvalue weighted by Gasteiger charge is -2.32. The monoisotopic (exact) mass is 2050 g/mol. The van der Waals surface area contributed by atoms with Gasteiger partial charge in [0.05, 0.1) is 31.7 Å². The highest BCUT2D eigenvalue weighted by Crippen LogP contribution is 2.31. The number of benzene rings is 3. The average Bonchev–Trinajstić information content (AvgIpc) is 1.66. The van der Waals surface area contributed by atoms with Crippen LogP contribution in [0.25, 0.3) is 11.1 Å². The second-order valence-electron chi connectivity index (χ2n) is 36.6. The number of allylic oxidation sites excluding steroid dienone is 1. The lowest BCUT2D eigenvalue weighted by molar-refractivity contribution is -0.146. The van der Waals surface area contributed by atoms with Crippen LogP contribution in [-0.2, 0) is 94.3 Å². The molecule has 144 heavy (non-hydrogen) atoms. The number of fused-ring (bicyclic) bond motifs is 2. The zero-order valence-corrected chi connectivity index (χ0v) is 83.9. The molecule has 34 N–H and O–H groups in total. The number of ketones is 1. The van der Waals surface area contributed by atoms with Crippen LogP contribution in [0, 0.1) is 45.3 Å². The molecule has 17 atom stereocenters. The highest BCUT2D eigenvalue weighted by atomic mass is 33.1. The van der Waals surface area contributed by atoms with Gasteiger partial charge in [-0.15, -0.1) is 6.58 Å². The van der Waals surface area contributed by atoms with Crippen molar-refractivity contribution >= 4 is 146 Å². The standard InChI is InChI=1S/C94H144N28O20S2/c1-9-19-58-35-41-121-46-72(126)69(117-80(132)63(25-17-39-107-94(102)103)110-78(130)61(108-53(8)124)23-15-37-105-92(98)99)48-143-144-49-70(85(137)111-62(24-16-38-106-93(100)101)79(131)109-60(77(95)129)22-14-36-104-91(96)97)118-87(139)74(51(5)6)119-86(138)71-26-18-40-122(71)90(142)67(45-73(127)128)115-82(134)65(44-55-29-33-59(125)34-30-55)113-84(136)68(47-123)116-88(140)75(52(7)10-2)120-83(135)66(112-81(133)64(42-50(3)4)114-89(141)76(58)121)43-54-27-31-57(32-28-54)56-20-12-11-13-21-56/h9,11-13,20-21,27-34,50-52,58,60-71,74-76,123,125H,1,10,14-19,22-26,35-49H2,2-8H3,(H2,95,129)(H,108,124)(H,109,131)(H,110,130)(H,111,137)(H,112,133)(H,113,136)(H,114,141)(H,115,134)(H,116,140)(H,117,132)(H,118,139)(H,119,138)(H,120,135)(H,127,128)(H4,96,97,104)(H4,98,99,105)(H4,100,101,106)(H4,102,103,107)/t52-,58-,60-,61-,62-,63-,64-,65-,66-,67-,68-,69-,70-,71-,74-,75-,76-/m0/s1. The first-order valence-electron chi connectivity index (χ1n) is 48.0. The summed E-state index contributed by atoms with van der Waals surface area (Å²) >= 11 is 0. The minimum Gasteiger partial charge on any atom is -0.508 e. The Labute approximate surface area is 844 Å². The minimum absolute atomic E-state index is 0.000376. The first kappa shape index (κ1) is 119. The lowest BCUT2D eigenvalue weighted by atomic mass is 9.94. The molecule has 0 aromatic heterocycles. The number of Topliss-reactive ketones (excluding diaryl/α,β-unsaturated/α-hetero) is 1. The minimum atomic E-state index is -2.02. The molecule has 792 valence electrons. The number of aliphatic hydroxyl groups is 1. The predicted octanol–water partition coefficient (Wildman–Crippen LogP) is -3.86. The first-order chi connectivity index (χ1) is 68.3. The third-order valence-electron chi connectivity index (χ3n) is 24.3. The summed E-state index contributed by atoms with van der Waals surface area (Å²) < 4.78 is 0. The van der Waals surface area contributed by atoms with Crippen LogP contribution in [0.1, 0.15) is 156 Å². The molecule has 0 bridgehead atoms. The molecule has 50 heteroatoms. The number of nitrogens with two attached hydrogens (primary N) is 5. The average molecular weight is 2050 g/mol. The van der Waals surface area contributed by atoms with E-state index in [2.05, 4.69) is 97.0 Å². The highest BCUT2D eigenvalue weighted by molar-refractivity contribution is 8.76. The number of rotatable bonds is 41. The van der Waals surface area contributed by atoms with Crippen molar-refractivity contribution < 1.29 is 96.8 Å². The number of guanidine groups is 4. The van der Waals surface area contributed by atoms with Crippen LogP contribution in [0.4, 0.5) is 0 Å². The Morgan fingerprint density at radius 1 is 0.528 bits per heavy atom. The molecule has 0 saturated carbocycles. The van der Waals surface area contributed by atoms with Gasteiger partial charge in [-0.3, -0.25) is 108 Å². The van der Waals surface area contributed by atoms with E-state index in [9.17, 15) is 53.7 Å². The number of hydrogen-bond donors (Lipinski definition) is 29. The number of aliphatic hydroxyl groups excluding tert-OH is 1. The number of carboxylic acid groups (broad SMARTS) is 1. The van der Waals surface area contributed by atoms with Crippen molar-refractivity contribution in [1.82, 2.24) is 100 Å². The maximum atomic E-state index is 15.8. The number of nitrogens with one attached hydrogen (secondary N) is 21. The highest BCUT2D eigenvalue weighted by Gasteiger charge is 2.46. The molecular formula is C94H144N28O20S2. The van der Waals surface area contributed by atoms with Gasteiger partial charge in [0.2, 0.25) is 88.6 Å². The van der Waals surface area contributed by atoms with Crippen LogP contribution in [0.3, 0.4) is 0 Å². The summed E-state index contributed by atoms with van der Waals surface area (Å²) in [4.78, 5) is 254. The molecule has 0 unspecified atom stereocenters. The van der Waals surface area contributed by atoms with Crippen LogP contribution < -0.4 is 119 Å². The molecular weight excluding hydrogens is 1910 g/mol. The third kappa shape index (κ3) is 40.1. The lowest BCUT2D eigenvalue weighted by Crippen LogP contribution is -2.62. The fraction of sp³-hybridized carbons (Fsp3) is 0.564. The number of amides is 15. The van der Waals surface area contributed by atoms with Crippen molar-refractivity contribution in [1.29, 1.82) is 21.6 Å². The van der Waals surface area contributed by atoms with Crippen LogP contribution >= 0.6 is 21.6 Å². The van der Waals surface area contributed by atoms with Gasteiger partial charge in [-0.2, -0.15) is 0 Å². The number of aliphatic carboxylic acids is 1. The number of nitrogens with zero attached hydrogens (tertiary/aromatic N) is 2. The fourth-order valence-electron chi connectivity index (χ4n) is 16.5. The zero-order valence-electron chi connectivity index (χ0n) is 82.2. The summed E-state index contributed by atoms with van der Waals surface area (Å²) in [5, 5.41) is 108. The van der Waals surface area contributed by atoms with Gasteiger partial charge < -0.3 is 139 Å². The molecule has 3 aliphatic rings. The maximum absolute atomic E-state index is 15.8. The normalized spacial score (nSPS) is 22.4. The molecule has 15 amide bonds. The van der Waals surface area contributed by atoms with E-state index in [-0.39, 0.29) is 165 Å². The quantitative estimate of drug-likeness (QED) is 0.00850. The Balaban J connectivity index is 1.57. The van der Waals surface area contributed by atoms with E-state index in [0.717, 1.165) is 44.5 Å². The first-order valence-corrected chi connectivity index (χ1v) is 50.5. The number of hydrogen-bond acceptors (Lipinski definition) is 26. The topological polar surface area (TPSA) is 787 Å². The number of carboxylic acids is 1. The van der Waals surface area contributed by atoms with E-state index in [1.807, 2.05) is 30.3 Å². The SMILES string of the molecule is C=CC[C@H]1CCN2CC(=O)[C@@H](NC(=O)[C@H](CCCNC(=N)N)NC(=O)[C@H](CCCNC(=N)N)NC(C)=O)CSSC[C@@H](C(=O)N[C@@H](CCCNC(=N)N)C(=O)N[C@@H](CCCNC(=N)N)C(N)=O)NC(=O)[C@H](C(C)C)NC(=O)[C@@H]3CCCN3C(=O)[C@H](CC(=O)O)NC(=O)[C@H](Cc3ccc(O)cc3)NC(=O)[C@H](CO)NC(=O)[C@H]([C@@H](C)CC)NC(=O)[C@H](Cc3ccc(-c4ccccc4)cc3)NC(=O)[C@H](CC(C)C)NC(=O)[C@H]12. The van der Waals surface area contributed by atoms with Crippen LogP contribution in [-0.4, -0.2) is 304 Å². The van der Waals surface area contributed by atoms with Gasteiger partial charge in [-0.05, 0) is 148 Å². The fourth-order valence-corrected chi connectivity index (χ4v) is 18.9. The van der Waals surface area contributed by atoms with Crippen LogP contribution in [0.2, 0.25) is 0 Å². The van der Waals surface area contributed by atoms with E-state index in [1.54, 1.807) is 62.9 Å². The van der Waals surface area contributed by atoms with E-state index in [4.69, 9.17) is 50.3 Å². The molecule has 3 fully saturated rings. The van der Waals surface area contributed by atoms with Crippen LogP contribution in [0.15, 0.2) is 91.5 Å². The van der Waals surface area contributed by atoms with Crippen molar-refractivity contribution in [2.24, 2.45) is 52.3 Å². The van der Waals surface area contributed by atoms with E-state index >= 15 is 43.2 Å². The van der Waals surface area contributed by atoms with E-state index in [0.29, 0.717) is 5.56 Å². The van der Waals surface area contributed by atoms with Crippen molar-refractivity contribution in [3.05, 3.63) is 103 Å². The predicted molar refractivity (Wildman–Crippen MR) is 540 cm³/mol. The van der Waals surface area contributed by atoms with Crippen molar-refractivity contribution in [2.75, 3.05) is 63.9 Å². The number of carbonyl (C=O) groups is 17. The number of aromatic hydroxyl groups is 1. The molecule has 3 saturated heterocycles. The number of phenols is 1. The second kappa shape index (κ2) is 60.5. The van der Waals surface area contributed by atoms with Crippen LogP contribution in [0.5, 0.6) is 5.75 Å². The van der Waals surface area contributed by atoms with Gasteiger partial charge in [0.25, 0.3) is 0 Å². The molecule has 0 aliphatic carbocycles. The summed E-state index contributed by atoms with van der Waals surface area (Å²) in [6.45, 7) is 13.1. The van der Waals surface area contributed by atoms with E-state index in [1.165, 1.54) is 38.1 Å². The molecule has 3 aliphatic heterocycles. The number of primary amides is 1. The molecule has 0 spiro atoms. The maximum Gasteiger partial charge on any atom is 0.305 e. The van der Waals surface area contributed by atoms with Gasteiger partial charge in [0.15, 0.2) is 29.6 Å². The third-order valence-corrected chi connectivity index (χ3v) is 26.8. The van der Waals surface area contributed by atoms with E-state index < -0.39 is 258 Å². The smallest absolute Gasteiger partial charge is 0.305 e. The number of carbonyl (C=O) groups excluding carboxylic acids is 16. The molecule has 0 radical (unpaired) electrons. The molecule has 48 nitrogen and oxygen atoms in total. The Morgan fingerprint density at radius 2 is 0.993 bits per heavy atom. The summed E-state index contributed by atoms with van der Waals surface area (Å²) in [5.74, 6) is -22.7. The molecule has 3 aromatic rings. The van der Waals surface area contributed by atoms with Gasteiger partial charge >= 0.3 is 5.97 Å². The Bertz CT molecular complexity index is 4950. The van der Waals surface area contributed by atoms with Gasteiger partial charge in [0, 0.05) is 64.0 Å². The molecule has 3 aromatic carbocycles. The zero-order chi connectivity index (χ0) is 107. The van der Waals surface area contributed by atoms with Gasteiger partial charge in [0.1, 0.15) is 84.3 Å². The Morgan fingerprint density at radius 3 is 1.50 bits per heavy atom. The second-order valence-corrected chi connectivity index (χ2v) is 39.1. The summed E-state index contributed by atoms with van der Waals surface area (Å²) in [7, 11) is 1.67. The van der Waals surface area contributed by atoms with Gasteiger partial charge in [-0.25, -0.2) is 0 Å². The Hall–Kier alpha value is -13.9. The van der Waals surface area contributed by atoms with Crippen molar-refractivity contribution in [2.45, 2.75) is 248 Å². The molecule has 3 heterocycles. The van der Waals surface area contributed by atoms with Gasteiger partial charge in [-0.1, -0.05) is 142 Å². The summed E-state index contributed by atoms with van der Waals surface area (Å²) in [6.07, 6.45) is -0.0642.